The van der Waals surface area contributed by atoms with E-state index in [0.29, 0.717) is 0 Å². The third-order valence-corrected chi connectivity index (χ3v) is 0. The summed E-state index contributed by atoms with van der Waals surface area (Å²) >= 11 is 0. The molecule has 0 aromatic rings. The molecule has 6 heteroatoms. The van der Waals surface area contributed by atoms with Crippen LogP contribution in [0.25, 0.3) is 0 Å². The molecule has 0 fully saturated rings. The zero-order valence-electron chi connectivity index (χ0n) is 5.72. The Kier molecular flexibility index (Phi) is 52.1. The second-order valence-electron chi connectivity index (χ2n) is 0.250. The molecule has 7 heavy (non-hydrogen) atoms. The van der Waals surface area contributed by atoms with Gasteiger partial charge < -0.3 is 16.4 Å². The van der Waals surface area contributed by atoms with Gasteiger partial charge in [-0.25, -0.2) is 0 Å². The van der Waals surface area contributed by atoms with Gasteiger partial charge in [-0.3, -0.25) is 0 Å². The van der Waals surface area contributed by atoms with Gasteiger partial charge >= 0.3 is 132 Å². The van der Waals surface area contributed by atoms with Crippen LogP contribution in [0.2, 0.25) is 0 Å². The first kappa shape index (κ1) is 22.4. The molecule has 3 nitrogen and oxygen atoms in total. The topological polar surface area (TPSA) is 63.2 Å². The molecule has 0 saturated heterocycles. The van der Waals surface area contributed by atoms with Gasteiger partial charge in [0.2, 0.25) is 0 Å². The SMILES string of the molecule is O=C([O-])[O-].[H-].[K+].[K+].[Na+]. The zero-order chi connectivity index (χ0) is 3.58. The first-order valence-corrected chi connectivity index (χ1v) is 0.612. The molecular weight excluding hydrogens is 161 g/mol. The average molecular weight is 162 g/mol. The molecule has 0 aromatic heterocycles. The van der Waals surface area contributed by atoms with Crippen molar-refractivity contribution >= 4 is 6.16 Å². The Morgan fingerprint density at radius 1 is 1.29 bits per heavy atom. The van der Waals surface area contributed by atoms with Crippen molar-refractivity contribution in [2.75, 3.05) is 0 Å². The van der Waals surface area contributed by atoms with Crippen LogP contribution in [-0.2, 0) is 0 Å². The van der Waals surface area contributed by atoms with Crippen molar-refractivity contribution in [3.63, 3.8) is 0 Å². The fourth-order valence-electron chi connectivity index (χ4n) is 0. The van der Waals surface area contributed by atoms with Crippen LogP contribution in [0.5, 0.6) is 0 Å². The smallest absolute Gasteiger partial charge is 1.00 e. The van der Waals surface area contributed by atoms with Crippen LogP contribution >= 0.6 is 0 Å². The second kappa shape index (κ2) is 16.3. The molecule has 0 unspecified atom stereocenters. The largest absolute Gasteiger partial charge is 1.00 e. The zero-order valence-corrected chi connectivity index (χ0v) is 13.0. The monoisotopic (exact) mass is 162 g/mol. The van der Waals surface area contributed by atoms with Crippen molar-refractivity contribution in [2.45, 2.75) is 0 Å². The van der Waals surface area contributed by atoms with Crippen LogP contribution in [0.15, 0.2) is 0 Å². The van der Waals surface area contributed by atoms with Crippen LogP contribution in [-0.4, -0.2) is 6.16 Å². The number of rotatable bonds is 0. The van der Waals surface area contributed by atoms with Crippen molar-refractivity contribution in [1.82, 2.24) is 0 Å². The summed E-state index contributed by atoms with van der Waals surface area (Å²) in [7, 11) is 0. The van der Waals surface area contributed by atoms with Crippen molar-refractivity contribution < 1.29 is 149 Å². The fraction of sp³-hybridized carbons (Fsp3) is 0. The number of carbonyl (C=O) groups excluding carboxylic acids is 1. The number of hydrogen-bond acceptors (Lipinski definition) is 3. The van der Waals surface area contributed by atoms with Gasteiger partial charge in [0.05, 0.1) is 0 Å². The standard InChI is InChI=1S/CH2O3.2K.Na.H/c2-1(3)4;;;;/h(H2,2,3,4);;;;/q;3*+1;-1/p-2. The number of carboxylic acid groups (broad SMARTS) is 2. The molecule has 0 atom stereocenters. The summed E-state index contributed by atoms with van der Waals surface area (Å²) in [6.45, 7) is 0. The summed E-state index contributed by atoms with van der Waals surface area (Å²) < 4.78 is 0. The summed E-state index contributed by atoms with van der Waals surface area (Å²) in [6, 6.07) is 0. The van der Waals surface area contributed by atoms with E-state index in [9.17, 15) is 0 Å². The molecular formula is CHK2NaO3. The Balaban J connectivity index is -0.00000000750. The molecule has 0 spiro atoms. The van der Waals surface area contributed by atoms with E-state index in [2.05, 4.69) is 0 Å². The maximum absolute atomic E-state index is 8.33. The third kappa shape index (κ3) is 43.3. The summed E-state index contributed by atoms with van der Waals surface area (Å²) in [5.74, 6) is 0. The molecule has 0 aromatic carbocycles. The molecule has 0 aliphatic carbocycles. The Hall–Kier alpha value is 3.54. The molecule has 0 rings (SSSR count). The van der Waals surface area contributed by atoms with Crippen LogP contribution in [0.1, 0.15) is 1.43 Å². The summed E-state index contributed by atoms with van der Waals surface area (Å²) in [4.78, 5) is 8.33. The van der Waals surface area contributed by atoms with E-state index < -0.39 is 6.16 Å². The first-order chi connectivity index (χ1) is 1.73. The van der Waals surface area contributed by atoms with Crippen LogP contribution in [0, 0.1) is 0 Å². The minimum Gasteiger partial charge on any atom is -1.00 e. The average Bonchev–Trinajstić information content (AvgIpc) is 0.811. The molecule has 0 aliphatic heterocycles. The number of hydrogen-bond donors (Lipinski definition) is 0. The van der Waals surface area contributed by atoms with E-state index in [1.54, 1.807) is 0 Å². The maximum Gasteiger partial charge on any atom is 1.00 e. The molecule has 26 valence electrons. The second-order valence-corrected chi connectivity index (χ2v) is 0.250. The van der Waals surface area contributed by atoms with Crippen molar-refractivity contribution in [3.05, 3.63) is 0 Å². The molecule has 0 saturated carbocycles. The molecule has 0 amide bonds. The summed E-state index contributed by atoms with van der Waals surface area (Å²) in [5.41, 5.74) is 0. The number of carbonyl (C=O) groups is 1. The van der Waals surface area contributed by atoms with Gasteiger partial charge in [-0.2, -0.15) is 0 Å². The molecule has 0 heterocycles. The van der Waals surface area contributed by atoms with E-state index in [1.807, 2.05) is 0 Å². The predicted molar refractivity (Wildman–Crippen MR) is 6.51 cm³/mol. The van der Waals surface area contributed by atoms with E-state index in [0.717, 1.165) is 0 Å². The quantitative estimate of drug-likeness (QED) is 0.332. The first-order valence-electron chi connectivity index (χ1n) is 0.612. The van der Waals surface area contributed by atoms with Crippen molar-refractivity contribution in [1.29, 1.82) is 0 Å². The summed E-state index contributed by atoms with van der Waals surface area (Å²) in [5, 5.41) is 16.7. The van der Waals surface area contributed by atoms with Gasteiger partial charge in [0.15, 0.2) is 0 Å². The van der Waals surface area contributed by atoms with Crippen molar-refractivity contribution in [3.8, 4) is 0 Å². The van der Waals surface area contributed by atoms with Crippen molar-refractivity contribution in [2.24, 2.45) is 0 Å². The van der Waals surface area contributed by atoms with E-state index in [-0.39, 0.29) is 134 Å². The predicted octanol–water partition coefficient (Wildman–Crippen LogP) is -11.3. The van der Waals surface area contributed by atoms with Gasteiger partial charge in [-0.15, -0.1) is 0 Å². The van der Waals surface area contributed by atoms with E-state index in [4.69, 9.17) is 15.0 Å². The normalized spacial score (nSPS) is 3.43. The Morgan fingerprint density at radius 2 is 1.29 bits per heavy atom. The van der Waals surface area contributed by atoms with Gasteiger partial charge in [-0.1, -0.05) is 0 Å². The van der Waals surface area contributed by atoms with Gasteiger partial charge in [0, 0.05) is 0 Å². The van der Waals surface area contributed by atoms with Crippen LogP contribution < -0.4 is 143 Å². The fourth-order valence-corrected chi connectivity index (χ4v) is 0. The minimum atomic E-state index is -2.33. The van der Waals surface area contributed by atoms with Gasteiger partial charge in [-0.05, 0) is 6.16 Å². The van der Waals surface area contributed by atoms with Crippen LogP contribution in [0.3, 0.4) is 0 Å². The van der Waals surface area contributed by atoms with Crippen LogP contribution in [0.4, 0.5) is 4.79 Å². The minimum absolute atomic E-state index is 0. The maximum atomic E-state index is 8.33. The molecule has 0 radical (unpaired) electrons. The summed E-state index contributed by atoms with van der Waals surface area (Å²) in [6.07, 6.45) is -2.33. The van der Waals surface area contributed by atoms with E-state index in [1.165, 1.54) is 0 Å². The van der Waals surface area contributed by atoms with E-state index >= 15 is 0 Å². The third-order valence-electron chi connectivity index (χ3n) is 0. The molecule has 0 aliphatic rings. The van der Waals surface area contributed by atoms with Gasteiger partial charge in [0.1, 0.15) is 0 Å². The Morgan fingerprint density at radius 3 is 1.29 bits per heavy atom. The molecule has 0 bridgehead atoms. The Labute approximate surface area is 150 Å². The van der Waals surface area contributed by atoms with Gasteiger partial charge in [0.25, 0.3) is 0 Å². The molecule has 0 N–H and O–H groups in total. The Bertz CT molecular complexity index is 40.3.